The van der Waals surface area contributed by atoms with Crippen LogP contribution in [0.25, 0.3) is 0 Å². The van der Waals surface area contributed by atoms with Crippen LogP contribution in [-0.4, -0.2) is 10.9 Å². The standard InChI is InChI=1S/C14H16OS/c1-4-12(15)10-5-6-13-11(9-10)14(2,3)7-8-16-13/h1,5-6,9,12,15H,7-8H2,2-3H3. The lowest BCUT2D eigenvalue weighted by Crippen LogP contribution is -2.23. The topological polar surface area (TPSA) is 20.2 Å². The fourth-order valence-corrected chi connectivity index (χ4v) is 3.51. The van der Waals surface area contributed by atoms with E-state index in [4.69, 9.17) is 6.42 Å². The van der Waals surface area contributed by atoms with Gasteiger partial charge in [0, 0.05) is 4.90 Å². The van der Waals surface area contributed by atoms with E-state index in [1.807, 2.05) is 17.8 Å². The average molecular weight is 232 g/mol. The molecule has 84 valence electrons. The number of benzene rings is 1. The second-order valence-electron chi connectivity index (χ2n) is 4.81. The Morgan fingerprint density at radius 2 is 2.25 bits per heavy atom. The fourth-order valence-electron chi connectivity index (χ4n) is 2.02. The Morgan fingerprint density at radius 1 is 1.50 bits per heavy atom. The van der Waals surface area contributed by atoms with Crippen molar-refractivity contribution in [1.82, 2.24) is 0 Å². The molecule has 0 saturated heterocycles. The molecule has 1 aliphatic heterocycles. The smallest absolute Gasteiger partial charge is 0.139 e. The Hall–Kier alpha value is -0.910. The van der Waals surface area contributed by atoms with E-state index in [9.17, 15) is 5.11 Å². The number of terminal acetylenes is 1. The molecular weight excluding hydrogens is 216 g/mol. The fraction of sp³-hybridized carbons (Fsp3) is 0.429. The zero-order valence-corrected chi connectivity index (χ0v) is 10.5. The lowest BCUT2D eigenvalue weighted by atomic mass is 9.81. The highest BCUT2D eigenvalue weighted by Crippen LogP contribution is 2.42. The van der Waals surface area contributed by atoms with E-state index in [-0.39, 0.29) is 5.41 Å². The Balaban J connectivity index is 2.48. The van der Waals surface area contributed by atoms with Crippen LogP contribution in [0.1, 0.15) is 37.5 Å². The second-order valence-corrected chi connectivity index (χ2v) is 5.94. The summed E-state index contributed by atoms with van der Waals surface area (Å²) in [6.07, 6.45) is 5.63. The summed E-state index contributed by atoms with van der Waals surface area (Å²) in [6.45, 7) is 4.50. The van der Waals surface area contributed by atoms with Gasteiger partial charge in [0.2, 0.25) is 0 Å². The monoisotopic (exact) mass is 232 g/mol. The van der Waals surface area contributed by atoms with Gasteiger partial charge in [-0.2, -0.15) is 0 Å². The molecule has 0 aliphatic carbocycles. The summed E-state index contributed by atoms with van der Waals surface area (Å²) in [5.74, 6) is 3.53. The molecule has 1 atom stereocenters. The summed E-state index contributed by atoms with van der Waals surface area (Å²) in [4.78, 5) is 1.32. The predicted molar refractivity (Wildman–Crippen MR) is 68.6 cm³/mol. The third-order valence-electron chi connectivity index (χ3n) is 3.19. The van der Waals surface area contributed by atoms with Crippen molar-refractivity contribution in [3.8, 4) is 12.3 Å². The number of hydrogen-bond acceptors (Lipinski definition) is 2. The van der Waals surface area contributed by atoms with Gasteiger partial charge in [-0.3, -0.25) is 0 Å². The molecular formula is C14H16OS. The number of fused-ring (bicyclic) bond motifs is 1. The summed E-state index contributed by atoms with van der Waals surface area (Å²) >= 11 is 1.89. The largest absolute Gasteiger partial charge is 0.376 e. The molecule has 0 aromatic heterocycles. The van der Waals surface area contributed by atoms with Crippen LogP contribution in [0, 0.1) is 12.3 Å². The van der Waals surface area contributed by atoms with Crippen molar-refractivity contribution in [2.45, 2.75) is 36.7 Å². The lowest BCUT2D eigenvalue weighted by molar-refractivity contribution is 0.238. The van der Waals surface area contributed by atoms with Gasteiger partial charge in [0.25, 0.3) is 0 Å². The number of rotatable bonds is 1. The summed E-state index contributed by atoms with van der Waals surface area (Å²) in [5.41, 5.74) is 2.33. The molecule has 0 bridgehead atoms. The van der Waals surface area contributed by atoms with E-state index in [0.29, 0.717) is 0 Å². The third kappa shape index (κ3) is 1.98. The molecule has 16 heavy (non-hydrogen) atoms. The summed E-state index contributed by atoms with van der Waals surface area (Å²) in [7, 11) is 0. The van der Waals surface area contributed by atoms with Crippen LogP contribution in [0.4, 0.5) is 0 Å². The predicted octanol–water partition coefficient (Wildman–Crippen LogP) is 3.13. The van der Waals surface area contributed by atoms with Gasteiger partial charge in [-0.1, -0.05) is 31.9 Å². The molecule has 2 heteroatoms. The molecule has 1 aromatic rings. The number of thioether (sulfide) groups is 1. The van der Waals surface area contributed by atoms with Crippen LogP contribution in [0.3, 0.4) is 0 Å². The summed E-state index contributed by atoms with van der Waals surface area (Å²) in [6, 6.07) is 6.07. The quantitative estimate of drug-likeness (QED) is 0.751. The van der Waals surface area contributed by atoms with Gasteiger partial charge in [-0.25, -0.2) is 0 Å². The highest BCUT2D eigenvalue weighted by Gasteiger charge is 2.28. The van der Waals surface area contributed by atoms with E-state index in [1.165, 1.54) is 16.9 Å². The highest BCUT2D eigenvalue weighted by atomic mass is 32.2. The van der Waals surface area contributed by atoms with Crippen molar-refractivity contribution >= 4 is 11.8 Å². The first-order chi connectivity index (χ1) is 7.54. The number of hydrogen-bond donors (Lipinski definition) is 1. The molecule has 0 saturated carbocycles. The van der Waals surface area contributed by atoms with Crippen molar-refractivity contribution in [2.24, 2.45) is 0 Å². The maximum Gasteiger partial charge on any atom is 0.139 e. The van der Waals surface area contributed by atoms with Crippen molar-refractivity contribution < 1.29 is 5.11 Å². The normalized spacial score (nSPS) is 19.6. The first-order valence-electron chi connectivity index (χ1n) is 5.46. The molecule has 0 radical (unpaired) electrons. The van der Waals surface area contributed by atoms with Crippen LogP contribution in [0.2, 0.25) is 0 Å². The summed E-state index contributed by atoms with van der Waals surface area (Å²) < 4.78 is 0. The average Bonchev–Trinajstić information content (AvgIpc) is 2.27. The summed E-state index contributed by atoms with van der Waals surface area (Å²) in [5, 5.41) is 9.66. The van der Waals surface area contributed by atoms with E-state index in [1.54, 1.807) is 0 Å². The SMILES string of the molecule is C#CC(O)c1ccc2c(c1)C(C)(C)CCS2. The van der Waals surface area contributed by atoms with Crippen molar-refractivity contribution in [2.75, 3.05) is 5.75 Å². The van der Waals surface area contributed by atoms with Gasteiger partial charge in [-0.15, -0.1) is 18.2 Å². The second kappa shape index (κ2) is 4.16. The number of aliphatic hydroxyl groups is 1. The van der Waals surface area contributed by atoms with Crippen LogP contribution in [-0.2, 0) is 5.41 Å². The van der Waals surface area contributed by atoms with Gasteiger partial charge < -0.3 is 5.11 Å². The lowest BCUT2D eigenvalue weighted by Gasteiger charge is -2.32. The van der Waals surface area contributed by atoms with Crippen molar-refractivity contribution in [3.05, 3.63) is 29.3 Å². The number of aliphatic hydroxyl groups excluding tert-OH is 1. The zero-order chi connectivity index (χ0) is 11.8. The van der Waals surface area contributed by atoms with Crippen LogP contribution in [0.15, 0.2) is 23.1 Å². The molecule has 0 amide bonds. The maximum atomic E-state index is 9.66. The minimum Gasteiger partial charge on any atom is -0.376 e. The van der Waals surface area contributed by atoms with Crippen LogP contribution in [0.5, 0.6) is 0 Å². The van der Waals surface area contributed by atoms with E-state index < -0.39 is 6.10 Å². The molecule has 2 rings (SSSR count). The van der Waals surface area contributed by atoms with E-state index in [2.05, 4.69) is 31.9 Å². The van der Waals surface area contributed by atoms with E-state index >= 15 is 0 Å². The third-order valence-corrected chi connectivity index (χ3v) is 4.27. The van der Waals surface area contributed by atoms with Gasteiger partial charge >= 0.3 is 0 Å². The molecule has 1 heterocycles. The first-order valence-corrected chi connectivity index (χ1v) is 6.44. The van der Waals surface area contributed by atoms with Gasteiger partial charge in [-0.05, 0) is 34.8 Å². The zero-order valence-electron chi connectivity index (χ0n) is 9.66. The highest BCUT2D eigenvalue weighted by molar-refractivity contribution is 7.99. The minimum atomic E-state index is -0.784. The van der Waals surface area contributed by atoms with E-state index in [0.717, 1.165) is 11.3 Å². The van der Waals surface area contributed by atoms with Crippen LogP contribution >= 0.6 is 11.8 Å². The molecule has 0 spiro atoms. The van der Waals surface area contributed by atoms with Crippen molar-refractivity contribution in [1.29, 1.82) is 0 Å². The minimum absolute atomic E-state index is 0.185. The Morgan fingerprint density at radius 3 is 2.94 bits per heavy atom. The molecule has 0 fully saturated rings. The Kier molecular flexibility index (Phi) is 3.01. The Bertz CT molecular complexity index is 443. The molecule has 1 unspecified atom stereocenters. The van der Waals surface area contributed by atoms with Crippen molar-refractivity contribution in [3.63, 3.8) is 0 Å². The molecule has 1 aliphatic rings. The maximum absolute atomic E-state index is 9.66. The van der Waals surface area contributed by atoms with Gasteiger partial charge in [0.1, 0.15) is 6.10 Å². The van der Waals surface area contributed by atoms with Gasteiger partial charge in [0.15, 0.2) is 0 Å². The molecule has 1 N–H and O–H groups in total. The van der Waals surface area contributed by atoms with Gasteiger partial charge in [0.05, 0.1) is 0 Å². The molecule has 1 aromatic carbocycles. The van der Waals surface area contributed by atoms with Crippen LogP contribution < -0.4 is 0 Å². The Labute approximate surface area is 101 Å². The molecule has 1 nitrogen and oxygen atoms in total. The first kappa shape index (κ1) is 11.6.